The van der Waals surface area contributed by atoms with Crippen molar-refractivity contribution in [3.63, 3.8) is 0 Å². The van der Waals surface area contributed by atoms with Crippen molar-refractivity contribution in [1.29, 1.82) is 0 Å². The van der Waals surface area contributed by atoms with Crippen molar-refractivity contribution in [3.05, 3.63) is 34.7 Å². The Kier molecular flexibility index (Phi) is 2.37. The molecule has 1 aromatic heterocycles. The number of aromatic nitrogens is 2. The van der Waals surface area contributed by atoms with Crippen molar-refractivity contribution in [2.75, 3.05) is 0 Å². The average Bonchev–Trinajstić information content (AvgIpc) is 2.65. The molecule has 2 rings (SSSR count). The Labute approximate surface area is 85.6 Å². The van der Waals surface area contributed by atoms with Gasteiger partial charge in [0.25, 0.3) is 0 Å². The van der Waals surface area contributed by atoms with Crippen LogP contribution in [0.1, 0.15) is 15.2 Å². The Morgan fingerprint density at radius 3 is 3.00 bits per heavy atom. The minimum absolute atomic E-state index is 0.579. The highest BCUT2D eigenvalue weighted by Gasteiger charge is 2.08. The fraction of sp³-hybridized carbons (Fsp3) is 0.100. The molecule has 0 aliphatic heterocycles. The summed E-state index contributed by atoms with van der Waals surface area (Å²) in [4.78, 5) is 11.3. The van der Waals surface area contributed by atoms with Crippen LogP contribution in [-0.4, -0.2) is 15.9 Å². The molecule has 0 atom stereocenters. The van der Waals surface area contributed by atoms with Gasteiger partial charge in [0.15, 0.2) is 6.29 Å². The molecular weight excluding hydrogens is 196 g/mol. The van der Waals surface area contributed by atoms with Crippen molar-refractivity contribution in [2.24, 2.45) is 0 Å². The van der Waals surface area contributed by atoms with E-state index in [4.69, 9.17) is 0 Å². The zero-order chi connectivity index (χ0) is 9.97. The summed E-state index contributed by atoms with van der Waals surface area (Å²) in [5.41, 5.74) is 2.77. The lowest BCUT2D eigenvalue weighted by Gasteiger charge is -1.97. The van der Waals surface area contributed by atoms with Gasteiger partial charge >= 0.3 is 0 Å². The third-order valence-corrected chi connectivity index (χ3v) is 2.56. The minimum atomic E-state index is 0.579. The zero-order valence-corrected chi connectivity index (χ0v) is 8.41. The zero-order valence-electron chi connectivity index (χ0n) is 7.60. The SMILES string of the molecule is Cc1cccc(-c2nnsc2C=O)c1. The number of hydrogen-bond donors (Lipinski definition) is 0. The molecule has 0 N–H and O–H groups in total. The minimum Gasteiger partial charge on any atom is -0.297 e. The molecule has 1 heterocycles. The summed E-state index contributed by atoms with van der Waals surface area (Å²) < 4.78 is 3.76. The van der Waals surface area contributed by atoms with Crippen LogP contribution in [0.15, 0.2) is 24.3 Å². The quantitative estimate of drug-likeness (QED) is 0.705. The van der Waals surface area contributed by atoms with Crippen LogP contribution in [0.25, 0.3) is 11.3 Å². The Hall–Kier alpha value is -1.55. The van der Waals surface area contributed by atoms with E-state index in [0.717, 1.165) is 28.9 Å². The van der Waals surface area contributed by atoms with Crippen molar-refractivity contribution in [1.82, 2.24) is 9.59 Å². The Morgan fingerprint density at radius 2 is 2.29 bits per heavy atom. The monoisotopic (exact) mass is 204 g/mol. The van der Waals surface area contributed by atoms with Gasteiger partial charge in [-0.2, -0.15) is 0 Å². The topological polar surface area (TPSA) is 42.9 Å². The summed E-state index contributed by atoms with van der Waals surface area (Å²) in [5.74, 6) is 0. The van der Waals surface area contributed by atoms with E-state index in [9.17, 15) is 4.79 Å². The molecule has 14 heavy (non-hydrogen) atoms. The van der Waals surface area contributed by atoms with Gasteiger partial charge in [0.1, 0.15) is 10.6 Å². The van der Waals surface area contributed by atoms with Gasteiger partial charge < -0.3 is 0 Å². The number of aldehydes is 1. The van der Waals surface area contributed by atoms with Crippen LogP contribution in [0.4, 0.5) is 0 Å². The van der Waals surface area contributed by atoms with Crippen LogP contribution in [0.3, 0.4) is 0 Å². The van der Waals surface area contributed by atoms with Gasteiger partial charge in [-0.25, -0.2) is 0 Å². The first-order valence-corrected chi connectivity index (χ1v) is 4.93. The first-order chi connectivity index (χ1) is 6.81. The second kappa shape index (κ2) is 3.67. The van der Waals surface area contributed by atoms with Crippen LogP contribution < -0.4 is 0 Å². The van der Waals surface area contributed by atoms with Crippen LogP contribution >= 0.6 is 11.5 Å². The van der Waals surface area contributed by atoms with Crippen LogP contribution in [-0.2, 0) is 0 Å². The van der Waals surface area contributed by atoms with E-state index in [1.165, 1.54) is 0 Å². The Morgan fingerprint density at radius 1 is 1.43 bits per heavy atom. The highest BCUT2D eigenvalue weighted by molar-refractivity contribution is 7.07. The van der Waals surface area contributed by atoms with Gasteiger partial charge in [0.05, 0.1) is 0 Å². The van der Waals surface area contributed by atoms with Gasteiger partial charge in [0, 0.05) is 5.56 Å². The van der Waals surface area contributed by atoms with Crippen molar-refractivity contribution < 1.29 is 4.79 Å². The van der Waals surface area contributed by atoms with Gasteiger partial charge in [0.2, 0.25) is 0 Å². The fourth-order valence-corrected chi connectivity index (χ4v) is 1.77. The highest BCUT2D eigenvalue weighted by Crippen LogP contribution is 2.22. The van der Waals surface area contributed by atoms with Gasteiger partial charge in [-0.05, 0) is 24.5 Å². The third kappa shape index (κ3) is 1.56. The van der Waals surface area contributed by atoms with E-state index >= 15 is 0 Å². The van der Waals surface area contributed by atoms with Crippen LogP contribution in [0.2, 0.25) is 0 Å². The normalized spacial score (nSPS) is 10.1. The largest absolute Gasteiger partial charge is 0.297 e. The highest BCUT2D eigenvalue weighted by atomic mass is 32.1. The lowest BCUT2D eigenvalue weighted by Crippen LogP contribution is -1.84. The molecule has 1 aromatic carbocycles. The molecule has 0 bridgehead atoms. The molecule has 4 heteroatoms. The average molecular weight is 204 g/mol. The Balaban J connectivity index is 2.54. The lowest BCUT2D eigenvalue weighted by molar-refractivity contribution is 0.112. The Bertz CT molecular complexity index is 465. The molecule has 0 spiro atoms. The summed E-state index contributed by atoms with van der Waals surface area (Å²) >= 11 is 1.12. The van der Waals surface area contributed by atoms with Gasteiger partial charge in [-0.15, -0.1) is 5.10 Å². The number of nitrogens with zero attached hydrogens (tertiary/aromatic N) is 2. The van der Waals surface area contributed by atoms with Crippen LogP contribution in [0, 0.1) is 6.92 Å². The molecule has 0 amide bonds. The maximum absolute atomic E-state index is 10.7. The van der Waals surface area contributed by atoms with Gasteiger partial charge in [-0.3, -0.25) is 4.79 Å². The first kappa shape index (κ1) is 9.02. The predicted octanol–water partition coefficient (Wildman–Crippen LogP) is 2.33. The fourth-order valence-electron chi connectivity index (χ4n) is 1.27. The van der Waals surface area contributed by atoms with E-state index in [1.54, 1.807) is 0 Å². The molecule has 0 radical (unpaired) electrons. The van der Waals surface area contributed by atoms with E-state index in [-0.39, 0.29) is 0 Å². The van der Waals surface area contributed by atoms with Crippen molar-refractivity contribution in [3.8, 4) is 11.3 Å². The predicted molar refractivity (Wildman–Crippen MR) is 55.5 cm³/mol. The number of carbonyl (C=O) groups is 1. The third-order valence-electron chi connectivity index (χ3n) is 1.91. The molecule has 0 unspecified atom stereocenters. The molecule has 0 aliphatic rings. The summed E-state index contributed by atoms with van der Waals surface area (Å²) in [7, 11) is 0. The lowest BCUT2D eigenvalue weighted by atomic mass is 10.1. The number of rotatable bonds is 2. The molecule has 0 fully saturated rings. The maximum atomic E-state index is 10.7. The molecule has 3 nitrogen and oxygen atoms in total. The van der Waals surface area contributed by atoms with E-state index in [2.05, 4.69) is 9.59 Å². The second-order valence-electron chi connectivity index (χ2n) is 2.97. The van der Waals surface area contributed by atoms with Crippen LogP contribution in [0.5, 0.6) is 0 Å². The summed E-state index contributed by atoms with van der Waals surface area (Å²) in [6.45, 7) is 2.00. The van der Waals surface area contributed by atoms with E-state index in [0.29, 0.717) is 10.6 Å². The summed E-state index contributed by atoms with van der Waals surface area (Å²) in [5, 5.41) is 3.94. The smallest absolute Gasteiger partial charge is 0.163 e. The summed E-state index contributed by atoms with van der Waals surface area (Å²) in [6, 6.07) is 7.86. The second-order valence-corrected chi connectivity index (χ2v) is 3.76. The van der Waals surface area contributed by atoms with Crippen molar-refractivity contribution >= 4 is 17.8 Å². The maximum Gasteiger partial charge on any atom is 0.163 e. The molecule has 70 valence electrons. The van der Waals surface area contributed by atoms with E-state index < -0.39 is 0 Å². The first-order valence-electron chi connectivity index (χ1n) is 4.16. The molecular formula is C10H8N2OS. The number of aryl methyl sites for hydroxylation is 1. The number of hydrogen-bond acceptors (Lipinski definition) is 4. The number of benzene rings is 1. The van der Waals surface area contributed by atoms with Crippen molar-refractivity contribution in [2.45, 2.75) is 6.92 Å². The standard InChI is InChI=1S/C10H8N2OS/c1-7-3-2-4-8(5-7)10-9(6-13)14-12-11-10/h2-6H,1H3. The molecule has 0 saturated heterocycles. The molecule has 0 saturated carbocycles. The van der Waals surface area contributed by atoms with Gasteiger partial charge in [-0.1, -0.05) is 28.3 Å². The van der Waals surface area contributed by atoms with E-state index in [1.807, 2.05) is 31.2 Å². The molecule has 0 aliphatic carbocycles. The summed E-state index contributed by atoms with van der Waals surface area (Å²) in [6.07, 6.45) is 0.794. The number of carbonyl (C=O) groups excluding carboxylic acids is 1. The molecule has 2 aromatic rings.